The molecule has 3 aliphatic carbocycles. The maximum absolute atomic E-state index is 9.47. The Morgan fingerprint density at radius 3 is 2.25 bits per heavy atom. The molecule has 3 aliphatic rings. The van der Waals surface area contributed by atoms with Crippen LogP contribution in [0.15, 0.2) is 4.52 Å². The zero-order valence-corrected chi connectivity index (χ0v) is 9.70. The van der Waals surface area contributed by atoms with Crippen molar-refractivity contribution in [3.8, 4) is 0 Å². The summed E-state index contributed by atoms with van der Waals surface area (Å²) < 4.78 is 5.37. The zero-order chi connectivity index (χ0) is 11.2. The van der Waals surface area contributed by atoms with E-state index in [9.17, 15) is 5.11 Å². The monoisotopic (exact) mass is 222 g/mol. The van der Waals surface area contributed by atoms with E-state index in [1.807, 2.05) is 6.92 Å². The normalized spacial score (nSPS) is 37.9. The molecule has 88 valence electrons. The largest absolute Gasteiger partial charge is 0.396 e. The van der Waals surface area contributed by atoms with Crippen molar-refractivity contribution in [2.75, 3.05) is 6.61 Å². The third kappa shape index (κ3) is 1.32. The fraction of sp³-hybridized carbons (Fsp3) is 0.833. The minimum atomic E-state index is 0.123. The number of rotatable bonds is 2. The van der Waals surface area contributed by atoms with Gasteiger partial charge in [0, 0.05) is 12.0 Å². The summed E-state index contributed by atoms with van der Waals surface area (Å²) in [6.45, 7) is 2.21. The molecule has 0 aliphatic heterocycles. The van der Waals surface area contributed by atoms with Crippen molar-refractivity contribution in [3.05, 3.63) is 11.7 Å². The van der Waals surface area contributed by atoms with Gasteiger partial charge in [0.25, 0.3) is 0 Å². The van der Waals surface area contributed by atoms with Gasteiger partial charge >= 0.3 is 0 Å². The lowest BCUT2D eigenvalue weighted by Crippen LogP contribution is -2.46. The summed E-state index contributed by atoms with van der Waals surface area (Å²) in [4.78, 5) is 4.41. The van der Waals surface area contributed by atoms with Crippen LogP contribution in [0, 0.1) is 12.3 Å². The third-order valence-electron chi connectivity index (χ3n) is 4.72. The second kappa shape index (κ2) is 3.29. The van der Waals surface area contributed by atoms with E-state index in [1.54, 1.807) is 0 Å². The van der Waals surface area contributed by atoms with Crippen molar-refractivity contribution < 1.29 is 9.63 Å². The van der Waals surface area contributed by atoms with Gasteiger partial charge in [0.1, 0.15) is 0 Å². The van der Waals surface area contributed by atoms with Gasteiger partial charge in [0.05, 0.1) is 0 Å². The molecule has 3 fully saturated rings. The van der Waals surface area contributed by atoms with Gasteiger partial charge in [-0.05, 0) is 50.9 Å². The first kappa shape index (κ1) is 10.3. The highest BCUT2D eigenvalue weighted by molar-refractivity contribution is 5.13. The van der Waals surface area contributed by atoms with Crippen molar-refractivity contribution in [1.29, 1.82) is 0 Å². The molecule has 0 aromatic carbocycles. The van der Waals surface area contributed by atoms with Crippen LogP contribution >= 0.6 is 0 Å². The maximum atomic E-state index is 9.47. The summed E-state index contributed by atoms with van der Waals surface area (Å²) in [5, 5.41) is 13.4. The maximum Gasteiger partial charge on any atom is 0.232 e. The fourth-order valence-corrected chi connectivity index (χ4v) is 3.33. The summed E-state index contributed by atoms with van der Waals surface area (Å²) in [6.07, 6.45) is 6.58. The van der Waals surface area contributed by atoms with Crippen LogP contribution in [0.1, 0.15) is 50.2 Å². The van der Waals surface area contributed by atoms with Crippen LogP contribution in [-0.2, 0) is 5.41 Å². The molecule has 16 heavy (non-hydrogen) atoms. The first-order valence-electron chi connectivity index (χ1n) is 6.10. The fourth-order valence-electron chi connectivity index (χ4n) is 3.33. The number of nitrogens with zero attached hydrogens (tertiary/aromatic N) is 2. The van der Waals surface area contributed by atoms with Gasteiger partial charge in [-0.3, -0.25) is 0 Å². The Hall–Kier alpha value is -0.900. The highest BCUT2D eigenvalue weighted by Gasteiger charge is 2.51. The smallest absolute Gasteiger partial charge is 0.232 e. The van der Waals surface area contributed by atoms with Crippen molar-refractivity contribution in [2.24, 2.45) is 5.41 Å². The molecule has 0 amide bonds. The lowest BCUT2D eigenvalue weighted by atomic mass is 9.54. The Kier molecular flexibility index (Phi) is 2.11. The Balaban J connectivity index is 1.88. The number of aryl methyl sites for hydroxylation is 1. The molecule has 0 radical (unpaired) electrons. The summed E-state index contributed by atoms with van der Waals surface area (Å²) in [7, 11) is 0. The lowest BCUT2D eigenvalue weighted by Gasteiger charge is -2.51. The van der Waals surface area contributed by atoms with Crippen molar-refractivity contribution in [1.82, 2.24) is 10.1 Å². The molecule has 0 saturated heterocycles. The van der Waals surface area contributed by atoms with E-state index in [-0.39, 0.29) is 10.8 Å². The van der Waals surface area contributed by atoms with E-state index in [1.165, 1.54) is 0 Å². The van der Waals surface area contributed by atoms with Gasteiger partial charge < -0.3 is 9.63 Å². The number of hydrogen-bond acceptors (Lipinski definition) is 4. The van der Waals surface area contributed by atoms with Crippen molar-refractivity contribution >= 4 is 0 Å². The highest BCUT2D eigenvalue weighted by atomic mass is 16.5. The topological polar surface area (TPSA) is 59.2 Å². The molecule has 4 rings (SSSR count). The average Bonchev–Trinajstić information content (AvgIpc) is 2.79. The average molecular weight is 222 g/mol. The summed E-state index contributed by atoms with van der Waals surface area (Å²) in [6, 6.07) is 0. The first-order chi connectivity index (χ1) is 7.68. The number of hydrogen-bond donors (Lipinski definition) is 1. The minimum Gasteiger partial charge on any atom is -0.396 e. The highest BCUT2D eigenvalue weighted by Crippen LogP contribution is 2.57. The molecule has 1 N–H and O–H groups in total. The molecule has 3 saturated carbocycles. The first-order valence-corrected chi connectivity index (χ1v) is 6.10. The molecule has 4 nitrogen and oxygen atoms in total. The predicted molar refractivity (Wildman–Crippen MR) is 57.9 cm³/mol. The molecule has 1 aromatic heterocycles. The SMILES string of the molecule is Cc1noc(C23CCC(CO)(CC2)CC3)n1. The van der Waals surface area contributed by atoms with Gasteiger partial charge in [-0.15, -0.1) is 0 Å². The van der Waals surface area contributed by atoms with Crippen LogP contribution in [0.2, 0.25) is 0 Å². The van der Waals surface area contributed by atoms with E-state index in [2.05, 4.69) is 10.1 Å². The summed E-state index contributed by atoms with van der Waals surface area (Å²) in [5.41, 5.74) is 0.328. The van der Waals surface area contributed by atoms with E-state index in [0.717, 1.165) is 50.2 Å². The molecular weight excluding hydrogens is 204 g/mol. The van der Waals surface area contributed by atoms with Crippen LogP contribution in [0.5, 0.6) is 0 Å². The van der Waals surface area contributed by atoms with E-state index in [4.69, 9.17) is 4.52 Å². The zero-order valence-electron chi connectivity index (χ0n) is 9.70. The summed E-state index contributed by atoms with van der Waals surface area (Å²) >= 11 is 0. The second-order valence-corrected chi connectivity index (χ2v) is 5.59. The molecule has 4 heteroatoms. The van der Waals surface area contributed by atoms with Crippen molar-refractivity contribution in [2.45, 2.75) is 50.9 Å². The molecule has 1 aromatic rings. The van der Waals surface area contributed by atoms with E-state index in [0.29, 0.717) is 6.61 Å². The Labute approximate surface area is 95.0 Å². The van der Waals surface area contributed by atoms with E-state index < -0.39 is 0 Å². The minimum absolute atomic E-state index is 0.123. The van der Waals surface area contributed by atoms with Crippen LogP contribution in [0.3, 0.4) is 0 Å². The van der Waals surface area contributed by atoms with Gasteiger partial charge in [-0.2, -0.15) is 4.98 Å². The molecule has 0 atom stereocenters. The molecular formula is C12H18N2O2. The Morgan fingerprint density at radius 2 is 1.81 bits per heavy atom. The quantitative estimate of drug-likeness (QED) is 0.831. The van der Waals surface area contributed by atoms with Crippen molar-refractivity contribution in [3.63, 3.8) is 0 Å². The predicted octanol–water partition coefficient (Wildman–Crippen LogP) is 1.96. The van der Waals surface area contributed by atoms with Gasteiger partial charge in [0.2, 0.25) is 5.89 Å². The number of aromatic nitrogens is 2. The Bertz CT molecular complexity index is 375. The van der Waals surface area contributed by atoms with Gasteiger partial charge in [0.15, 0.2) is 5.82 Å². The third-order valence-corrected chi connectivity index (χ3v) is 4.72. The van der Waals surface area contributed by atoms with E-state index >= 15 is 0 Å². The standard InChI is InChI=1S/C12H18N2O2/c1-9-13-10(16-14-9)12-5-2-11(8-15,3-6-12)4-7-12/h15H,2-8H2,1H3. The lowest BCUT2D eigenvalue weighted by molar-refractivity contribution is -0.0175. The second-order valence-electron chi connectivity index (χ2n) is 5.59. The summed E-state index contributed by atoms with van der Waals surface area (Å²) in [5.74, 6) is 1.56. The van der Waals surface area contributed by atoms with Crippen LogP contribution in [0.25, 0.3) is 0 Å². The van der Waals surface area contributed by atoms with Crippen LogP contribution in [0.4, 0.5) is 0 Å². The molecule has 0 unspecified atom stereocenters. The van der Waals surface area contributed by atoms with Gasteiger partial charge in [-0.25, -0.2) is 0 Å². The Morgan fingerprint density at radius 1 is 1.19 bits per heavy atom. The molecule has 1 heterocycles. The number of fused-ring (bicyclic) bond motifs is 3. The van der Waals surface area contributed by atoms with Gasteiger partial charge in [-0.1, -0.05) is 5.16 Å². The number of aliphatic hydroxyl groups is 1. The van der Waals surface area contributed by atoms with Crippen LogP contribution < -0.4 is 0 Å². The number of aliphatic hydroxyl groups excluding tert-OH is 1. The molecule has 0 spiro atoms. The molecule has 2 bridgehead atoms. The van der Waals surface area contributed by atoms with Crippen LogP contribution in [-0.4, -0.2) is 21.9 Å².